The van der Waals surface area contributed by atoms with E-state index in [1.807, 2.05) is 13.0 Å². The average molecular weight is 254 g/mol. The van der Waals surface area contributed by atoms with Crippen LogP contribution in [0.1, 0.15) is 53.4 Å². The third-order valence-electron chi connectivity index (χ3n) is 3.01. The molecule has 0 aromatic heterocycles. The van der Waals surface area contributed by atoms with E-state index in [4.69, 9.17) is 0 Å². The van der Waals surface area contributed by atoms with E-state index in [1.165, 1.54) is 19.9 Å². The van der Waals surface area contributed by atoms with Crippen molar-refractivity contribution in [2.24, 2.45) is 0 Å². The van der Waals surface area contributed by atoms with Crippen LogP contribution in [-0.2, 0) is 4.79 Å². The van der Waals surface area contributed by atoms with E-state index >= 15 is 0 Å². The summed E-state index contributed by atoms with van der Waals surface area (Å²) < 4.78 is 0. The highest BCUT2D eigenvalue weighted by molar-refractivity contribution is 5.86. The zero-order valence-corrected chi connectivity index (χ0v) is 12.0. The molecule has 0 saturated carbocycles. The van der Waals surface area contributed by atoms with Gasteiger partial charge in [0.25, 0.3) is 0 Å². The van der Waals surface area contributed by atoms with Crippen LogP contribution in [0, 0.1) is 0 Å². The lowest BCUT2D eigenvalue weighted by atomic mass is 9.96. The second-order valence-electron chi connectivity index (χ2n) is 5.63. The van der Waals surface area contributed by atoms with Gasteiger partial charge in [-0.3, -0.25) is 4.79 Å². The molecule has 0 aliphatic carbocycles. The number of Topliss-reactive ketones (excluding diaryl/α,β-unsaturated/α-hetero) is 1. The van der Waals surface area contributed by atoms with Crippen molar-refractivity contribution in [3.8, 4) is 0 Å². The predicted octanol–water partition coefficient (Wildman–Crippen LogP) is 2.77. The summed E-state index contributed by atoms with van der Waals surface area (Å²) in [6.07, 6.45) is 5.93. The van der Waals surface area contributed by atoms with Gasteiger partial charge in [-0.15, -0.1) is 6.58 Å². The monoisotopic (exact) mass is 254 g/mol. The first kappa shape index (κ1) is 17.1. The number of rotatable bonds is 8. The second kappa shape index (κ2) is 6.86. The van der Waals surface area contributed by atoms with E-state index in [2.05, 4.69) is 6.58 Å². The zero-order valence-electron chi connectivity index (χ0n) is 12.0. The van der Waals surface area contributed by atoms with Gasteiger partial charge >= 0.3 is 0 Å². The molecule has 0 heterocycles. The molecule has 0 aromatic rings. The van der Waals surface area contributed by atoms with E-state index in [0.717, 1.165) is 12.0 Å². The summed E-state index contributed by atoms with van der Waals surface area (Å²) in [5.41, 5.74) is -0.973. The molecule has 2 N–H and O–H groups in total. The van der Waals surface area contributed by atoms with Crippen LogP contribution in [0.5, 0.6) is 0 Å². The Morgan fingerprint density at radius 1 is 1.22 bits per heavy atom. The molecular weight excluding hydrogens is 228 g/mol. The summed E-state index contributed by atoms with van der Waals surface area (Å²) in [6, 6.07) is 0. The Morgan fingerprint density at radius 3 is 2.22 bits per heavy atom. The summed E-state index contributed by atoms with van der Waals surface area (Å²) in [5.74, 6) is -0.145. The highest BCUT2D eigenvalue weighted by Gasteiger charge is 2.22. The van der Waals surface area contributed by atoms with Gasteiger partial charge in [0.05, 0.1) is 5.60 Å². The highest BCUT2D eigenvalue weighted by Crippen LogP contribution is 2.16. The molecule has 0 radical (unpaired) electrons. The molecule has 0 bridgehead atoms. The van der Waals surface area contributed by atoms with E-state index in [-0.39, 0.29) is 5.78 Å². The lowest BCUT2D eigenvalue weighted by molar-refractivity contribution is -0.134. The molecule has 3 heteroatoms. The van der Waals surface area contributed by atoms with Crippen molar-refractivity contribution >= 4 is 5.78 Å². The van der Waals surface area contributed by atoms with Gasteiger partial charge in [0.2, 0.25) is 0 Å². The topological polar surface area (TPSA) is 57.5 Å². The second-order valence-corrected chi connectivity index (χ2v) is 5.63. The minimum absolute atomic E-state index is 0.145. The van der Waals surface area contributed by atoms with Crippen molar-refractivity contribution < 1.29 is 15.0 Å². The first-order valence-electron chi connectivity index (χ1n) is 6.36. The normalized spacial score (nSPS) is 16.2. The van der Waals surface area contributed by atoms with Crippen molar-refractivity contribution in [2.45, 2.75) is 64.6 Å². The average Bonchev–Trinajstić information content (AvgIpc) is 2.24. The fourth-order valence-corrected chi connectivity index (χ4v) is 1.43. The maximum absolute atomic E-state index is 11.5. The standard InChI is InChI=1S/C15H26O3/c1-6-15(5,18)11-7-8-12(2)9-10-13(16)14(3,4)17/h6,8,17-18H,1,7,9-11H2,2-5H3/b12-8+. The molecular formula is C15H26O3. The van der Waals surface area contributed by atoms with Gasteiger partial charge in [-0.25, -0.2) is 0 Å². The third kappa shape index (κ3) is 7.41. The molecule has 0 rings (SSSR count). The third-order valence-corrected chi connectivity index (χ3v) is 3.01. The molecule has 0 fully saturated rings. The van der Waals surface area contributed by atoms with Crippen molar-refractivity contribution in [1.82, 2.24) is 0 Å². The zero-order chi connectivity index (χ0) is 14.4. The van der Waals surface area contributed by atoms with Gasteiger partial charge in [0, 0.05) is 6.42 Å². The van der Waals surface area contributed by atoms with Crippen molar-refractivity contribution in [3.63, 3.8) is 0 Å². The van der Waals surface area contributed by atoms with Gasteiger partial charge in [-0.05, 0) is 47.0 Å². The Morgan fingerprint density at radius 2 is 1.78 bits per heavy atom. The predicted molar refractivity (Wildman–Crippen MR) is 74.4 cm³/mol. The molecule has 0 aliphatic rings. The van der Waals surface area contributed by atoms with Crippen LogP contribution in [0.4, 0.5) is 0 Å². The van der Waals surface area contributed by atoms with E-state index in [0.29, 0.717) is 19.3 Å². The SMILES string of the molecule is C=CC(C)(O)CC/C=C(\C)CCC(=O)C(C)(C)O. The number of ketones is 1. The van der Waals surface area contributed by atoms with Crippen LogP contribution in [0.3, 0.4) is 0 Å². The van der Waals surface area contributed by atoms with Crippen LogP contribution in [0.25, 0.3) is 0 Å². The van der Waals surface area contributed by atoms with Crippen LogP contribution in [0.15, 0.2) is 24.3 Å². The first-order chi connectivity index (χ1) is 8.08. The molecule has 0 saturated heterocycles. The van der Waals surface area contributed by atoms with Crippen LogP contribution in [-0.4, -0.2) is 27.2 Å². The Balaban J connectivity index is 4.07. The number of carbonyl (C=O) groups excluding carboxylic acids is 1. The van der Waals surface area contributed by atoms with E-state index < -0.39 is 11.2 Å². The summed E-state index contributed by atoms with van der Waals surface area (Å²) in [4.78, 5) is 11.5. The first-order valence-corrected chi connectivity index (χ1v) is 6.36. The molecule has 0 spiro atoms. The number of hydrogen-bond acceptors (Lipinski definition) is 3. The summed E-state index contributed by atoms with van der Waals surface area (Å²) in [6.45, 7) is 10.3. The van der Waals surface area contributed by atoms with E-state index in [9.17, 15) is 15.0 Å². The molecule has 0 amide bonds. The lowest BCUT2D eigenvalue weighted by Crippen LogP contribution is -2.30. The fraction of sp³-hybridized carbons (Fsp3) is 0.667. The Hall–Kier alpha value is -0.930. The van der Waals surface area contributed by atoms with Crippen molar-refractivity contribution in [3.05, 3.63) is 24.3 Å². The van der Waals surface area contributed by atoms with Crippen molar-refractivity contribution in [2.75, 3.05) is 0 Å². The number of allylic oxidation sites excluding steroid dienone is 2. The molecule has 18 heavy (non-hydrogen) atoms. The number of carbonyl (C=O) groups is 1. The Kier molecular flexibility index (Phi) is 6.50. The van der Waals surface area contributed by atoms with Crippen LogP contribution in [0.2, 0.25) is 0 Å². The van der Waals surface area contributed by atoms with E-state index in [1.54, 1.807) is 6.92 Å². The largest absolute Gasteiger partial charge is 0.386 e. The molecule has 0 aromatic carbocycles. The smallest absolute Gasteiger partial charge is 0.164 e. The minimum atomic E-state index is -1.24. The Labute approximate surface area is 110 Å². The quantitative estimate of drug-likeness (QED) is 0.655. The maximum Gasteiger partial charge on any atom is 0.164 e. The van der Waals surface area contributed by atoms with Crippen molar-refractivity contribution in [1.29, 1.82) is 0 Å². The van der Waals surface area contributed by atoms with Gasteiger partial charge in [0.15, 0.2) is 5.78 Å². The highest BCUT2D eigenvalue weighted by atomic mass is 16.3. The van der Waals surface area contributed by atoms with Gasteiger partial charge < -0.3 is 10.2 Å². The Bertz CT molecular complexity index is 319. The molecule has 104 valence electrons. The summed E-state index contributed by atoms with van der Waals surface area (Å²) in [7, 11) is 0. The van der Waals surface area contributed by atoms with Gasteiger partial charge in [-0.2, -0.15) is 0 Å². The van der Waals surface area contributed by atoms with Crippen LogP contribution >= 0.6 is 0 Å². The maximum atomic E-state index is 11.5. The number of hydrogen-bond donors (Lipinski definition) is 2. The van der Waals surface area contributed by atoms with Gasteiger partial charge in [0.1, 0.15) is 5.60 Å². The molecule has 3 nitrogen and oxygen atoms in total. The van der Waals surface area contributed by atoms with Gasteiger partial charge in [-0.1, -0.05) is 17.7 Å². The number of aliphatic hydroxyl groups is 2. The molecule has 0 aliphatic heterocycles. The lowest BCUT2D eigenvalue weighted by Gasteiger charge is -2.17. The summed E-state index contributed by atoms with van der Waals surface area (Å²) in [5, 5.41) is 19.2. The fourth-order valence-electron chi connectivity index (χ4n) is 1.43. The van der Waals surface area contributed by atoms with Crippen LogP contribution < -0.4 is 0 Å². The summed E-state index contributed by atoms with van der Waals surface area (Å²) >= 11 is 0. The molecule has 1 unspecified atom stereocenters. The minimum Gasteiger partial charge on any atom is -0.386 e. The molecule has 1 atom stereocenters.